The average molecular weight is 408 g/mol. The van der Waals surface area contributed by atoms with Crippen LogP contribution in [0.2, 0.25) is 5.02 Å². The Hall–Kier alpha value is -3.18. The lowest BCUT2D eigenvalue weighted by Gasteiger charge is -2.20. The molecule has 0 bridgehead atoms. The van der Waals surface area contributed by atoms with Gasteiger partial charge in [-0.1, -0.05) is 53.6 Å². The molecule has 0 unspecified atom stereocenters. The SMILES string of the molecule is Cc1ccc(N[C@@H](c2nnc(-c3ccccc3)o2)c2ccc(F)cc2Cl)c(C)c1. The first kappa shape index (κ1) is 19.2. The maximum Gasteiger partial charge on any atom is 0.247 e. The van der Waals surface area contributed by atoms with Gasteiger partial charge in [-0.3, -0.25) is 0 Å². The van der Waals surface area contributed by atoms with Gasteiger partial charge in [-0.05, 0) is 49.7 Å². The molecule has 0 amide bonds. The summed E-state index contributed by atoms with van der Waals surface area (Å²) in [7, 11) is 0. The normalized spacial score (nSPS) is 12.0. The molecule has 0 radical (unpaired) electrons. The molecule has 146 valence electrons. The predicted octanol–water partition coefficient (Wildman–Crippen LogP) is 6.35. The van der Waals surface area contributed by atoms with Crippen LogP contribution >= 0.6 is 11.6 Å². The molecule has 0 aliphatic carbocycles. The summed E-state index contributed by atoms with van der Waals surface area (Å²) in [5, 5.41) is 12.1. The zero-order valence-corrected chi connectivity index (χ0v) is 16.7. The molecule has 0 aliphatic rings. The first-order valence-corrected chi connectivity index (χ1v) is 9.56. The van der Waals surface area contributed by atoms with Gasteiger partial charge in [0.05, 0.1) is 0 Å². The molecular weight excluding hydrogens is 389 g/mol. The van der Waals surface area contributed by atoms with Crippen LogP contribution in [-0.4, -0.2) is 10.2 Å². The number of hydrogen-bond donors (Lipinski definition) is 1. The minimum Gasteiger partial charge on any atom is -0.418 e. The van der Waals surface area contributed by atoms with Crippen LogP contribution in [0.3, 0.4) is 0 Å². The Labute approximate surface area is 173 Å². The lowest BCUT2D eigenvalue weighted by Crippen LogP contribution is -2.14. The van der Waals surface area contributed by atoms with Crippen molar-refractivity contribution in [3.63, 3.8) is 0 Å². The van der Waals surface area contributed by atoms with E-state index in [0.29, 0.717) is 17.3 Å². The number of anilines is 1. The van der Waals surface area contributed by atoms with Crippen molar-refractivity contribution in [3.05, 3.63) is 100 Å². The number of halogens is 2. The van der Waals surface area contributed by atoms with Crippen LogP contribution in [0, 0.1) is 19.7 Å². The molecule has 6 heteroatoms. The van der Waals surface area contributed by atoms with E-state index in [1.54, 1.807) is 6.07 Å². The van der Waals surface area contributed by atoms with Crippen molar-refractivity contribution in [2.45, 2.75) is 19.9 Å². The molecule has 29 heavy (non-hydrogen) atoms. The Morgan fingerprint density at radius 1 is 0.966 bits per heavy atom. The summed E-state index contributed by atoms with van der Waals surface area (Å²) in [6.45, 7) is 4.05. The van der Waals surface area contributed by atoms with E-state index in [9.17, 15) is 4.39 Å². The molecule has 1 heterocycles. The maximum absolute atomic E-state index is 13.6. The van der Waals surface area contributed by atoms with Gasteiger partial charge in [0, 0.05) is 21.8 Å². The van der Waals surface area contributed by atoms with Gasteiger partial charge in [-0.2, -0.15) is 0 Å². The van der Waals surface area contributed by atoms with Crippen LogP contribution < -0.4 is 5.32 Å². The highest BCUT2D eigenvalue weighted by atomic mass is 35.5. The number of aryl methyl sites for hydroxylation is 2. The van der Waals surface area contributed by atoms with Gasteiger partial charge in [0.1, 0.15) is 11.9 Å². The number of nitrogens with one attached hydrogen (secondary N) is 1. The van der Waals surface area contributed by atoms with Gasteiger partial charge in [0.2, 0.25) is 11.8 Å². The van der Waals surface area contributed by atoms with Gasteiger partial charge < -0.3 is 9.73 Å². The van der Waals surface area contributed by atoms with E-state index in [2.05, 4.69) is 21.6 Å². The molecule has 4 rings (SSSR count). The minimum atomic E-state index is -0.533. The van der Waals surface area contributed by atoms with Crippen LogP contribution in [0.15, 0.2) is 71.1 Å². The standard InChI is InChI=1S/C23H19ClFN3O/c1-14-8-11-20(15(2)12-14)26-21(18-10-9-17(25)13-19(18)24)23-28-27-22(29-23)16-6-4-3-5-7-16/h3-13,21,26H,1-2H3/t21-/m1/s1. The first-order chi connectivity index (χ1) is 14.0. The number of benzene rings is 3. The van der Waals surface area contributed by atoms with Crippen molar-refractivity contribution in [1.82, 2.24) is 10.2 Å². The van der Waals surface area contributed by atoms with Gasteiger partial charge in [-0.15, -0.1) is 10.2 Å². The molecule has 4 aromatic rings. The Kier molecular flexibility index (Phi) is 5.32. The molecule has 0 spiro atoms. The van der Waals surface area contributed by atoms with Gasteiger partial charge >= 0.3 is 0 Å². The summed E-state index contributed by atoms with van der Waals surface area (Å²) in [5.74, 6) is 0.350. The van der Waals surface area contributed by atoms with E-state index in [4.69, 9.17) is 16.0 Å². The molecule has 0 saturated heterocycles. The van der Waals surface area contributed by atoms with Gasteiger partial charge in [-0.25, -0.2) is 4.39 Å². The second kappa shape index (κ2) is 8.05. The highest BCUT2D eigenvalue weighted by molar-refractivity contribution is 6.31. The zero-order valence-electron chi connectivity index (χ0n) is 16.0. The van der Waals surface area contributed by atoms with Crippen LogP contribution in [0.1, 0.15) is 28.6 Å². The van der Waals surface area contributed by atoms with E-state index in [0.717, 1.165) is 22.4 Å². The van der Waals surface area contributed by atoms with E-state index in [-0.39, 0.29) is 5.02 Å². The maximum atomic E-state index is 13.6. The second-order valence-electron chi connectivity index (χ2n) is 6.87. The summed E-state index contributed by atoms with van der Waals surface area (Å²) >= 11 is 6.36. The van der Waals surface area contributed by atoms with E-state index in [1.165, 1.54) is 12.1 Å². The van der Waals surface area contributed by atoms with Crippen LogP contribution in [0.4, 0.5) is 10.1 Å². The summed E-state index contributed by atoms with van der Waals surface area (Å²) in [5.41, 5.74) is 4.60. The Balaban J connectivity index is 1.77. The number of rotatable bonds is 5. The van der Waals surface area contributed by atoms with Crippen molar-refractivity contribution in [1.29, 1.82) is 0 Å². The monoisotopic (exact) mass is 407 g/mol. The van der Waals surface area contributed by atoms with Gasteiger partial charge in [0.15, 0.2) is 0 Å². The average Bonchev–Trinajstić information content (AvgIpc) is 3.19. The third-order valence-electron chi connectivity index (χ3n) is 4.66. The van der Waals surface area contributed by atoms with E-state index < -0.39 is 11.9 Å². The Morgan fingerprint density at radius 2 is 1.76 bits per heavy atom. The highest BCUT2D eigenvalue weighted by Crippen LogP contribution is 2.33. The lowest BCUT2D eigenvalue weighted by molar-refractivity contribution is 0.493. The quantitative estimate of drug-likeness (QED) is 0.419. The van der Waals surface area contributed by atoms with Crippen molar-refractivity contribution in [2.24, 2.45) is 0 Å². The number of aromatic nitrogens is 2. The molecule has 0 saturated carbocycles. The fourth-order valence-corrected chi connectivity index (χ4v) is 3.46. The highest BCUT2D eigenvalue weighted by Gasteiger charge is 2.24. The third-order valence-corrected chi connectivity index (χ3v) is 4.99. The molecule has 1 aromatic heterocycles. The Morgan fingerprint density at radius 3 is 2.48 bits per heavy atom. The van der Waals surface area contributed by atoms with Crippen molar-refractivity contribution in [3.8, 4) is 11.5 Å². The summed E-state index contributed by atoms with van der Waals surface area (Å²) in [6.07, 6.45) is 0. The molecule has 3 aromatic carbocycles. The first-order valence-electron chi connectivity index (χ1n) is 9.19. The topological polar surface area (TPSA) is 51.0 Å². The second-order valence-corrected chi connectivity index (χ2v) is 7.28. The molecule has 1 N–H and O–H groups in total. The van der Waals surface area contributed by atoms with Crippen molar-refractivity contribution in [2.75, 3.05) is 5.32 Å². The summed E-state index contributed by atoms with van der Waals surface area (Å²) in [4.78, 5) is 0. The fourth-order valence-electron chi connectivity index (χ4n) is 3.19. The number of nitrogens with zero attached hydrogens (tertiary/aromatic N) is 2. The predicted molar refractivity (Wildman–Crippen MR) is 113 cm³/mol. The lowest BCUT2D eigenvalue weighted by atomic mass is 10.0. The smallest absolute Gasteiger partial charge is 0.247 e. The van der Waals surface area contributed by atoms with Crippen LogP contribution in [0.25, 0.3) is 11.5 Å². The summed E-state index contributed by atoms with van der Waals surface area (Å²) in [6, 6.07) is 19.4. The zero-order chi connectivity index (χ0) is 20.4. The number of hydrogen-bond acceptors (Lipinski definition) is 4. The molecule has 0 fully saturated rings. The van der Waals surface area contributed by atoms with Crippen molar-refractivity contribution < 1.29 is 8.81 Å². The van der Waals surface area contributed by atoms with E-state index in [1.807, 2.05) is 56.3 Å². The largest absolute Gasteiger partial charge is 0.418 e. The van der Waals surface area contributed by atoms with Crippen LogP contribution in [-0.2, 0) is 0 Å². The van der Waals surface area contributed by atoms with E-state index >= 15 is 0 Å². The molecular formula is C23H19ClFN3O. The van der Waals surface area contributed by atoms with Crippen molar-refractivity contribution >= 4 is 17.3 Å². The minimum absolute atomic E-state index is 0.284. The molecule has 1 atom stereocenters. The van der Waals surface area contributed by atoms with Gasteiger partial charge in [0.25, 0.3) is 0 Å². The summed E-state index contributed by atoms with van der Waals surface area (Å²) < 4.78 is 19.6. The Bertz CT molecular complexity index is 1140. The third kappa shape index (κ3) is 4.15. The van der Waals surface area contributed by atoms with Crippen LogP contribution in [0.5, 0.6) is 0 Å². The molecule has 0 aliphatic heterocycles. The molecule has 4 nitrogen and oxygen atoms in total. The fraction of sp³-hybridized carbons (Fsp3) is 0.130.